The zero-order valence-electron chi connectivity index (χ0n) is 16.3. The van der Waals surface area contributed by atoms with Crippen LogP contribution in [0.1, 0.15) is 0 Å². The molecule has 0 saturated carbocycles. The third-order valence-corrected chi connectivity index (χ3v) is 7.52. The van der Waals surface area contributed by atoms with Crippen LogP contribution in [0.4, 0.5) is 17.1 Å². The molecule has 1 amide bonds. The lowest BCUT2D eigenvalue weighted by molar-refractivity contribution is -0.113. The molecule has 31 heavy (non-hydrogen) atoms. The van der Waals surface area contributed by atoms with Gasteiger partial charge in [-0.15, -0.1) is 0 Å². The van der Waals surface area contributed by atoms with Gasteiger partial charge in [0.15, 0.2) is 5.17 Å². The van der Waals surface area contributed by atoms with Gasteiger partial charge in [0.1, 0.15) is 10.7 Å². The van der Waals surface area contributed by atoms with Gasteiger partial charge in [-0.1, -0.05) is 35.5 Å². The Kier molecular flexibility index (Phi) is 5.17. The van der Waals surface area contributed by atoms with Crippen molar-refractivity contribution < 1.29 is 9.90 Å². The van der Waals surface area contributed by atoms with Crippen LogP contribution in [0, 0.1) is 0 Å². The van der Waals surface area contributed by atoms with Crippen molar-refractivity contribution in [2.75, 3.05) is 16.8 Å². The van der Waals surface area contributed by atoms with Gasteiger partial charge < -0.3 is 10.0 Å². The van der Waals surface area contributed by atoms with Crippen LogP contribution < -0.4 is 9.80 Å². The molecule has 2 heterocycles. The quantitative estimate of drug-likeness (QED) is 0.455. The monoisotopic (exact) mass is 465 g/mol. The minimum atomic E-state index is -0.148. The van der Waals surface area contributed by atoms with E-state index in [0.717, 1.165) is 15.6 Å². The summed E-state index contributed by atoms with van der Waals surface area (Å²) >= 11 is 8.93. The van der Waals surface area contributed by atoms with Crippen LogP contribution in [-0.4, -0.2) is 23.2 Å². The second-order valence-corrected chi connectivity index (χ2v) is 9.34. The SMILES string of the molecule is CN1C(=C2SC(=Nc3ccc(Cl)cc3)N(c3ccc(O)cc3)C2=O)Sc2ccccc21. The lowest BCUT2D eigenvalue weighted by Gasteiger charge is -2.16. The Morgan fingerprint density at radius 1 is 0.935 bits per heavy atom. The van der Waals surface area contributed by atoms with Crippen molar-refractivity contribution in [1.82, 2.24) is 0 Å². The number of benzene rings is 3. The molecule has 0 aromatic heterocycles. The highest BCUT2D eigenvalue weighted by molar-refractivity contribution is 8.20. The molecule has 1 saturated heterocycles. The van der Waals surface area contributed by atoms with E-state index in [1.807, 2.05) is 42.3 Å². The average molecular weight is 466 g/mol. The van der Waals surface area contributed by atoms with E-state index in [1.165, 1.54) is 11.8 Å². The minimum Gasteiger partial charge on any atom is -0.508 e. The number of carbonyl (C=O) groups excluding carboxylic acids is 1. The van der Waals surface area contributed by atoms with Crippen molar-refractivity contribution in [3.63, 3.8) is 0 Å². The second-order valence-electron chi connectivity index (χ2n) is 6.89. The molecule has 154 valence electrons. The molecule has 8 heteroatoms. The summed E-state index contributed by atoms with van der Waals surface area (Å²) in [6, 6.07) is 21.8. The van der Waals surface area contributed by atoms with E-state index in [0.29, 0.717) is 26.5 Å². The van der Waals surface area contributed by atoms with Crippen LogP contribution in [-0.2, 0) is 4.79 Å². The topological polar surface area (TPSA) is 56.1 Å². The molecule has 0 atom stereocenters. The van der Waals surface area contributed by atoms with Gasteiger partial charge in [0.05, 0.1) is 22.1 Å². The van der Waals surface area contributed by atoms with Crippen LogP contribution >= 0.6 is 35.1 Å². The fraction of sp³-hybridized carbons (Fsp3) is 0.0435. The maximum absolute atomic E-state index is 13.6. The van der Waals surface area contributed by atoms with Gasteiger partial charge >= 0.3 is 0 Å². The van der Waals surface area contributed by atoms with E-state index in [9.17, 15) is 9.90 Å². The predicted octanol–water partition coefficient (Wildman–Crippen LogP) is 6.22. The molecule has 0 radical (unpaired) electrons. The number of anilines is 2. The van der Waals surface area contributed by atoms with E-state index in [1.54, 1.807) is 53.1 Å². The number of hydrogen-bond acceptors (Lipinski definition) is 6. The van der Waals surface area contributed by atoms with Crippen molar-refractivity contribution in [3.8, 4) is 5.75 Å². The highest BCUT2D eigenvalue weighted by Crippen LogP contribution is 2.50. The Bertz CT molecular complexity index is 1240. The van der Waals surface area contributed by atoms with Crippen LogP contribution in [0.15, 0.2) is 92.6 Å². The summed E-state index contributed by atoms with van der Waals surface area (Å²) in [5.74, 6) is -0.00934. The number of fused-ring (bicyclic) bond motifs is 1. The Morgan fingerprint density at radius 3 is 2.35 bits per heavy atom. The predicted molar refractivity (Wildman–Crippen MR) is 129 cm³/mol. The fourth-order valence-electron chi connectivity index (χ4n) is 3.33. The first-order valence-electron chi connectivity index (χ1n) is 9.42. The third-order valence-electron chi connectivity index (χ3n) is 4.87. The summed E-state index contributed by atoms with van der Waals surface area (Å²) in [5.41, 5.74) is 2.41. The zero-order chi connectivity index (χ0) is 21.5. The average Bonchev–Trinajstić information content (AvgIpc) is 3.27. The van der Waals surface area contributed by atoms with Crippen LogP contribution in [0.2, 0.25) is 5.02 Å². The maximum Gasteiger partial charge on any atom is 0.274 e. The lowest BCUT2D eigenvalue weighted by Crippen LogP contribution is -2.29. The van der Waals surface area contributed by atoms with Crippen molar-refractivity contribution in [3.05, 3.63) is 87.8 Å². The maximum atomic E-state index is 13.6. The van der Waals surface area contributed by atoms with Crippen molar-refractivity contribution in [1.29, 1.82) is 0 Å². The van der Waals surface area contributed by atoms with E-state index >= 15 is 0 Å². The van der Waals surface area contributed by atoms with Gasteiger partial charge in [0.25, 0.3) is 5.91 Å². The zero-order valence-corrected chi connectivity index (χ0v) is 18.7. The molecule has 2 aliphatic heterocycles. The highest BCUT2D eigenvalue weighted by Gasteiger charge is 2.40. The number of para-hydroxylation sites is 1. The fourth-order valence-corrected chi connectivity index (χ4v) is 5.81. The van der Waals surface area contributed by atoms with Crippen LogP contribution in [0.5, 0.6) is 5.75 Å². The number of aromatic hydroxyl groups is 1. The molecule has 0 bridgehead atoms. The molecular formula is C23H16ClN3O2S2. The van der Waals surface area contributed by atoms with Gasteiger partial charge in [-0.3, -0.25) is 9.69 Å². The number of rotatable bonds is 2. The second kappa shape index (κ2) is 8.00. The molecule has 2 aliphatic rings. The van der Waals surface area contributed by atoms with Crippen LogP contribution in [0.3, 0.4) is 0 Å². The van der Waals surface area contributed by atoms with Gasteiger partial charge in [0, 0.05) is 17.0 Å². The Hall–Kier alpha value is -2.87. The molecule has 1 N–H and O–H groups in total. The molecule has 3 aromatic carbocycles. The standard InChI is InChI=1S/C23H16ClN3O2S2/c1-26-18-4-2-3-5-19(18)30-22(26)20-21(29)27(16-10-12-17(28)13-11-16)23(31-20)25-15-8-6-14(24)7-9-15/h2-13,28H,1H3. The summed E-state index contributed by atoms with van der Waals surface area (Å²) in [6.45, 7) is 0. The number of hydrogen-bond donors (Lipinski definition) is 1. The van der Waals surface area contributed by atoms with E-state index in [2.05, 4.69) is 6.07 Å². The summed E-state index contributed by atoms with van der Waals surface area (Å²) in [6.07, 6.45) is 0. The Morgan fingerprint density at radius 2 is 1.65 bits per heavy atom. The number of carbonyl (C=O) groups is 1. The number of phenols is 1. The molecule has 3 aromatic rings. The molecule has 0 spiro atoms. The van der Waals surface area contributed by atoms with Gasteiger partial charge in [0.2, 0.25) is 0 Å². The minimum absolute atomic E-state index is 0.138. The first-order valence-corrected chi connectivity index (χ1v) is 11.4. The van der Waals surface area contributed by atoms with Crippen molar-refractivity contribution in [2.24, 2.45) is 4.99 Å². The molecular weight excluding hydrogens is 450 g/mol. The number of nitrogens with zero attached hydrogens (tertiary/aromatic N) is 3. The summed E-state index contributed by atoms with van der Waals surface area (Å²) in [5, 5.41) is 11.7. The number of aliphatic imine (C=N–C) groups is 1. The van der Waals surface area contributed by atoms with Gasteiger partial charge in [-0.25, -0.2) is 4.99 Å². The normalized spacial score (nSPS) is 19.4. The molecule has 0 unspecified atom stereocenters. The number of amides is 1. The van der Waals surface area contributed by atoms with Gasteiger partial charge in [-0.05, 0) is 72.4 Å². The number of amidine groups is 1. The van der Waals surface area contributed by atoms with Crippen molar-refractivity contribution >= 4 is 63.3 Å². The smallest absolute Gasteiger partial charge is 0.274 e. The van der Waals surface area contributed by atoms with E-state index in [4.69, 9.17) is 16.6 Å². The molecule has 5 rings (SSSR count). The summed E-state index contributed by atoms with van der Waals surface area (Å²) < 4.78 is 0. The number of phenolic OH excluding ortho intramolecular Hbond substituents is 1. The van der Waals surface area contributed by atoms with Gasteiger partial charge in [-0.2, -0.15) is 0 Å². The third kappa shape index (κ3) is 3.69. The first-order chi connectivity index (χ1) is 15.0. The largest absolute Gasteiger partial charge is 0.508 e. The Labute approximate surface area is 193 Å². The molecule has 5 nitrogen and oxygen atoms in total. The van der Waals surface area contributed by atoms with E-state index < -0.39 is 0 Å². The Balaban J connectivity index is 1.61. The highest BCUT2D eigenvalue weighted by atomic mass is 35.5. The summed E-state index contributed by atoms with van der Waals surface area (Å²) in [4.78, 5) is 23.6. The number of thioether (sulfide) groups is 2. The first kappa shape index (κ1) is 20.1. The summed E-state index contributed by atoms with van der Waals surface area (Å²) in [7, 11) is 1.97. The van der Waals surface area contributed by atoms with Crippen LogP contribution in [0.25, 0.3) is 0 Å². The lowest BCUT2D eigenvalue weighted by atomic mass is 10.2. The van der Waals surface area contributed by atoms with E-state index in [-0.39, 0.29) is 11.7 Å². The molecule has 0 aliphatic carbocycles. The van der Waals surface area contributed by atoms with Crippen molar-refractivity contribution in [2.45, 2.75) is 4.90 Å². The number of halogens is 1. The molecule has 1 fully saturated rings.